The number of rotatable bonds is 0. The van der Waals surface area contributed by atoms with Crippen molar-refractivity contribution in [3.8, 4) is 0 Å². The van der Waals surface area contributed by atoms with Crippen LogP contribution in [0.15, 0.2) is 0 Å². The number of aliphatic hydroxyl groups is 1. The van der Waals surface area contributed by atoms with E-state index in [1.54, 1.807) is 0 Å². The molecule has 5 unspecified atom stereocenters. The summed E-state index contributed by atoms with van der Waals surface area (Å²) in [6, 6.07) is 0. The molecule has 7 atom stereocenters. The predicted octanol–water partition coefficient (Wildman–Crippen LogP) is 4.78. The third kappa shape index (κ3) is 1.71. The van der Waals surface area contributed by atoms with E-state index in [0.717, 1.165) is 24.2 Å². The highest BCUT2D eigenvalue weighted by molar-refractivity contribution is 5.08. The molecule has 1 heteroatoms. The summed E-state index contributed by atoms with van der Waals surface area (Å²) in [5, 5.41) is 10.8. The van der Waals surface area contributed by atoms with Gasteiger partial charge in [-0.25, -0.2) is 0 Å². The van der Waals surface area contributed by atoms with Crippen LogP contribution in [0.2, 0.25) is 0 Å². The van der Waals surface area contributed by atoms with E-state index < -0.39 is 0 Å². The van der Waals surface area contributed by atoms with Gasteiger partial charge in [0.15, 0.2) is 0 Å². The first-order valence-corrected chi connectivity index (χ1v) is 9.23. The van der Waals surface area contributed by atoms with E-state index in [1.807, 2.05) is 0 Å². The van der Waals surface area contributed by atoms with Crippen molar-refractivity contribution in [1.29, 1.82) is 0 Å². The normalized spacial score (nSPS) is 58.6. The molecule has 0 radical (unpaired) electrons. The van der Waals surface area contributed by atoms with Crippen molar-refractivity contribution < 1.29 is 5.11 Å². The Bertz CT molecular complexity index is 391. The average molecular weight is 276 g/mol. The molecular weight excluding hydrogens is 244 g/mol. The topological polar surface area (TPSA) is 20.2 Å². The zero-order chi connectivity index (χ0) is 14.0. The van der Waals surface area contributed by atoms with Crippen LogP contribution < -0.4 is 0 Å². The van der Waals surface area contributed by atoms with Crippen LogP contribution in [0, 0.1) is 34.5 Å². The van der Waals surface area contributed by atoms with Crippen molar-refractivity contribution in [1.82, 2.24) is 0 Å². The van der Waals surface area contributed by atoms with E-state index in [2.05, 4.69) is 13.8 Å². The zero-order valence-corrected chi connectivity index (χ0v) is 13.4. The minimum absolute atomic E-state index is 0.00417. The van der Waals surface area contributed by atoms with Gasteiger partial charge in [0.1, 0.15) is 0 Å². The lowest BCUT2D eigenvalue weighted by atomic mass is 9.45. The number of hydrogen-bond donors (Lipinski definition) is 1. The zero-order valence-electron chi connectivity index (χ0n) is 13.4. The fraction of sp³-hybridized carbons (Fsp3) is 1.00. The fourth-order valence-corrected chi connectivity index (χ4v) is 7.35. The predicted molar refractivity (Wildman–Crippen MR) is 82.4 cm³/mol. The third-order valence-corrected chi connectivity index (χ3v) is 8.37. The molecule has 1 N–H and O–H groups in total. The lowest BCUT2D eigenvalue weighted by Crippen LogP contribution is -2.56. The lowest BCUT2D eigenvalue weighted by molar-refractivity contribution is -0.153. The molecule has 4 saturated carbocycles. The van der Waals surface area contributed by atoms with Crippen LogP contribution in [0.25, 0.3) is 0 Å². The molecule has 0 aromatic rings. The van der Waals surface area contributed by atoms with E-state index in [9.17, 15) is 5.11 Å². The summed E-state index contributed by atoms with van der Waals surface area (Å²) in [5.41, 5.74) is 1.09. The SMILES string of the molecule is CC12CCCC1C1C[C@H](O)[C@H]3CCCCC3(C)C1CC2. The molecule has 4 rings (SSSR count). The molecule has 0 saturated heterocycles. The van der Waals surface area contributed by atoms with Crippen molar-refractivity contribution in [2.45, 2.75) is 84.2 Å². The summed E-state index contributed by atoms with van der Waals surface area (Å²) in [4.78, 5) is 0. The number of aliphatic hydroxyl groups excluding tert-OH is 1. The largest absolute Gasteiger partial charge is 0.393 e. The molecule has 0 aromatic heterocycles. The molecule has 20 heavy (non-hydrogen) atoms. The monoisotopic (exact) mass is 276 g/mol. The molecule has 4 fully saturated rings. The minimum atomic E-state index is 0.00417. The van der Waals surface area contributed by atoms with Gasteiger partial charge in [-0.2, -0.15) is 0 Å². The maximum atomic E-state index is 10.8. The average Bonchev–Trinajstić information content (AvgIpc) is 2.81. The molecule has 1 nitrogen and oxygen atoms in total. The van der Waals surface area contributed by atoms with Crippen LogP contribution in [0.4, 0.5) is 0 Å². The Balaban J connectivity index is 1.68. The van der Waals surface area contributed by atoms with Gasteiger partial charge in [0.05, 0.1) is 6.10 Å². The summed E-state index contributed by atoms with van der Waals surface area (Å²) in [7, 11) is 0. The Hall–Kier alpha value is -0.0400. The van der Waals surface area contributed by atoms with Gasteiger partial charge in [-0.05, 0) is 79.4 Å². The summed E-state index contributed by atoms with van der Waals surface area (Å²) in [6.45, 7) is 5.11. The molecular formula is C19H32O. The number of hydrogen-bond acceptors (Lipinski definition) is 1. The molecule has 114 valence electrons. The van der Waals surface area contributed by atoms with E-state index in [1.165, 1.54) is 57.8 Å². The lowest BCUT2D eigenvalue weighted by Gasteiger charge is -2.61. The molecule has 0 aromatic carbocycles. The molecule has 0 spiro atoms. The van der Waals surface area contributed by atoms with Crippen molar-refractivity contribution in [2.75, 3.05) is 0 Å². The van der Waals surface area contributed by atoms with Gasteiger partial charge in [0.2, 0.25) is 0 Å². The quantitative estimate of drug-likeness (QED) is 0.675. The van der Waals surface area contributed by atoms with Crippen LogP contribution in [0.1, 0.15) is 78.1 Å². The maximum absolute atomic E-state index is 10.8. The minimum Gasteiger partial charge on any atom is -0.393 e. The third-order valence-electron chi connectivity index (χ3n) is 8.37. The summed E-state index contributed by atoms with van der Waals surface area (Å²) >= 11 is 0. The van der Waals surface area contributed by atoms with Gasteiger partial charge in [-0.3, -0.25) is 0 Å². The highest BCUT2D eigenvalue weighted by Gasteiger charge is 2.59. The maximum Gasteiger partial charge on any atom is 0.0576 e. The van der Waals surface area contributed by atoms with E-state index in [-0.39, 0.29) is 6.10 Å². The first kappa shape index (κ1) is 13.6. The van der Waals surface area contributed by atoms with E-state index >= 15 is 0 Å². The van der Waals surface area contributed by atoms with Gasteiger partial charge in [-0.1, -0.05) is 33.1 Å². The van der Waals surface area contributed by atoms with Gasteiger partial charge in [0.25, 0.3) is 0 Å². The van der Waals surface area contributed by atoms with Crippen molar-refractivity contribution in [2.24, 2.45) is 34.5 Å². The van der Waals surface area contributed by atoms with Crippen LogP contribution >= 0.6 is 0 Å². The van der Waals surface area contributed by atoms with Crippen molar-refractivity contribution >= 4 is 0 Å². The number of fused-ring (bicyclic) bond motifs is 5. The second-order valence-corrected chi connectivity index (χ2v) is 9.12. The standard InChI is InChI=1S/C19H32O/c1-18-9-5-7-14(18)13-12-17(20)16-6-3-4-10-19(16,2)15(13)8-11-18/h13-17,20H,3-12H2,1-2H3/t13?,14?,15?,16-,17+,18?,19?/m1/s1. The summed E-state index contributed by atoms with van der Waals surface area (Å²) in [5.74, 6) is 3.30. The Kier molecular flexibility index (Phi) is 3.05. The Morgan fingerprint density at radius 3 is 2.45 bits per heavy atom. The van der Waals surface area contributed by atoms with Crippen LogP contribution in [0.5, 0.6) is 0 Å². The highest BCUT2D eigenvalue weighted by atomic mass is 16.3. The van der Waals surface area contributed by atoms with E-state index in [4.69, 9.17) is 0 Å². The molecule has 0 bridgehead atoms. The van der Waals surface area contributed by atoms with Crippen LogP contribution in [-0.4, -0.2) is 11.2 Å². The van der Waals surface area contributed by atoms with Gasteiger partial charge in [0, 0.05) is 0 Å². The van der Waals surface area contributed by atoms with E-state index in [0.29, 0.717) is 16.7 Å². The molecule has 4 aliphatic carbocycles. The molecule has 0 amide bonds. The fourth-order valence-electron chi connectivity index (χ4n) is 7.35. The Morgan fingerprint density at radius 1 is 0.800 bits per heavy atom. The molecule has 0 aliphatic heterocycles. The Labute approximate surface area is 124 Å². The molecule has 0 heterocycles. The van der Waals surface area contributed by atoms with Crippen molar-refractivity contribution in [3.05, 3.63) is 0 Å². The Morgan fingerprint density at radius 2 is 1.60 bits per heavy atom. The van der Waals surface area contributed by atoms with Crippen LogP contribution in [0.3, 0.4) is 0 Å². The highest BCUT2D eigenvalue weighted by Crippen LogP contribution is 2.66. The summed E-state index contributed by atoms with van der Waals surface area (Å²) < 4.78 is 0. The second-order valence-electron chi connectivity index (χ2n) is 9.12. The van der Waals surface area contributed by atoms with Gasteiger partial charge < -0.3 is 5.11 Å². The van der Waals surface area contributed by atoms with Gasteiger partial charge in [-0.15, -0.1) is 0 Å². The van der Waals surface area contributed by atoms with Crippen molar-refractivity contribution in [3.63, 3.8) is 0 Å². The first-order valence-electron chi connectivity index (χ1n) is 9.23. The second kappa shape index (κ2) is 4.48. The smallest absolute Gasteiger partial charge is 0.0576 e. The first-order chi connectivity index (χ1) is 9.55. The van der Waals surface area contributed by atoms with Crippen LogP contribution in [-0.2, 0) is 0 Å². The summed E-state index contributed by atoms with van der Waals surface area (Å²) in [6.07, 6.45) is 13.9. The van der Waals surface area contributed by atoms with Gasteiger partial charge >= 0.3 is 0 Å². The molecule has 4 aliphatic rings.